The summed E-state index contributed by atoms with van der Waals surface area (Å²) in [5.41, 5.74) is 0.671. The second-order valence-corrected chi connectivity index (χ2v) is 6.15. The van der Waals surface area contributed by atoms with Crippen molar-refractivity contribution in [1.29, 1.82) is 0 Å². The van der Waals surface area contributed by atoms with Crippen LogP contribution in [-0.4, -0.2) is 16.1 Å². The Hall–Kier alpha value is -1.85. The third-order valence-electron chi connectivity index (χ3n) is 2.80. The number of halogens is 2. The van der Waals surface area contributed by atoms with Gasteiger partial charge in [0.25, 0.3) is 5.89 Å². The van der Waals surface area contributed by atoms with Gasteiger partial charge in [-0.25, -0.2) is 4.79 Å². The molecule has 7 heteroatoms. The van der Waals surface area contributed by atoms with E-state index in [4.69, 9.17) is 32.5 Å². The molecule has 0 N–H and O–H groups in total. The minimum Gasteiger partial charge on any atom is -0.452 e. The maximum Gasteiger partial charge on any atom is 0.331 e. The maximum atomic E-state index is 11.7. The fourth-order valence-corrected chi connectivity index (χ4v) is 2.24. The SMILES string of the molecule is CC(C)Cc1noc(COC(=O)/C=C/c2ccc(Cl)cc2Cl)n1. The molecule has 1 aromatic heterocycles. The van der Waals surface area contributed by atoms with Crippen molar-refractivity contribution in [2.75, 3.05) is 0 Å². The van der Waals surface area contributed by atoms with Crippen LogP contribution in [0.1, 0.15) is 31.1 Å². The Morgan fingerprint density at radius 1 is 1.39 bits per heavy atom. The van der Waals surface area contributed by atoms with Gasteiger partial charge in [-0.1, -0.05) is 48.3 Å². The van der Waals surface area contributed by atoms with Crippen LogP contribution in [0.5, 0.6) is 0 Å². The van der Waals surface area contributed by atoms with Crippen LogP contribution in [0.2, 0.25) is 10.0 Å². The molecule has 0 aliphatic heterocycles. The standard InChI is InChI=1S/C16H16Cl2N2O3/c1-10(2)7-14-19-15(23-20-14)9-22-16(21)6-4-11-3-5-12(17)8-13(11)18/h3-6,8,10H,7,9H2,1-2H3/b6-4+. The van der Waals surface area contributed by atoms with Crippen molar-refractivity contribution >= 4 is 35.2 Å². The molecule has 5 nitrogen and oxygen atoms in total. The molecule has 122 valence electrons. The Balaban J connectivity index is 1.87. The molecule has 23 heavy (non-hydrogen) atoms. The smallest absolute Gasteiger partial charge is 0.331 e. The van der Waals surface area contributed by atoms with E-state index < -0.39 is 5.97 Å². The third kappa shape index (κ3) is 5.69. The molecule has 0 aliphatic carbocycles. The molecule has 2 rings (SSSR count). The van der Waals surface area contributed by atoms with E-state index >= 15 is 0 Å². The Kier molecular flexibility index (Phi) is 6.19. The molecule has 0 saturated carbocycles. The zero-order valence-corrected chi connectivity index (χ0v) is 14.3. The number of hydrogen-bond acceptors (Lipinski definition) is 5. The number of esters is 1. The van der Waals surface area contributed by atoms with Crippen molar-refractivity contribution < 1.29 is 14.1 Å². The summed E-state index contributed by atoms with van der Waals surface area (Å²) in [6.07, 6.45) is 3.55. The maximum absolute atomic E-state index is 11.7. The van der Waals surface area contributed by atoms with E-state index in [0.29, 0.717) is 33.8 Å². The van der Waals surface area contributed by atoms with Crippen molar-refractivity contribution in [2.45, 2.75) is 26.9 Å². The van der Waals surface area contributed by atoms with E-state index in [1.54, 1.807) is 24.3 Å². The zero-order valence-electron chi connectivity index (χ0n) is 12.8. The predicted molar refractivity (Wildman–Crippen MR) is 88.1 cm³/mol. The average Bonchev–Trinajstić information content (AvgIpc) is 2.91. The number of carbonyl (C=O) groups excluding carboxylic acids is 1. The van der Waals surface area contributed by atoms with Gasteiger partial charge in [0.2, 0.25) is 0 Å². The van der Waals surface area contributed by atoms with Crippen LogP contribution in [0.15, 0.2) is 28.8 Å². The number of benzene rings is 1. The molecule has 0 radical (unpaired) electrons. The minimum atomic E-state index is -0.528. The summed E-state index contributed by atoms with van der Waals surface area (Å²) in [5.74, 6) is 0.774. The summed E-state index contributed by atoms with van der Waals surface area (Å²) >= 11 is 11.8. The van der Waals surface area contributed by atoms with Gasteiger partial charge in [0.05, 0.1) is 0 Å². The Bertz CT molecular complexity index is 711. The van der Waals surface area contributed by atoms with Crippen LogP contribution in [0.25, 0.3) is 6.08 Å². The van der Waals surface area contributed by atoms with E-state index in [2.05, 4.69) is 24.0 Å². The molecule has 0 bridgehead atoms. The van der Waals surface area contributed by atoms with Gasteiger partial charge in [-0.2, -0.15) is 4.98 Å². The molecule has 0 amide bonds. The van der Waals surface area contributed by atoms with Crippen LogP contribution >= 0.6 is 23.2 Å². The highest BCUT2D eigenvalue weighted by Crippen LogP contribution is 2.22. The summed E-state index contributed by atoms with van der Waals surface area (Å²) < 4.78 is 10.1. The number of aromatic nitrogens is 2. The van der Waals surface area contributed by atoms with Crippen LogP contribution < -0.4 is 0 Å². The van der Waals surface area contributed by atoms with Crippen LogP contribution in [0, 0.1) is 5.92 Å². The van der Waals surface area contributed by atoms with Crippen LogP contribution in [0.3, 0.4) is 0 Å². The van der Waals surface area contributed by atoms with Gasteiger partial charge < -0.3 is 9.26 Å². The molecule has 0 fully saturated rings. The number of nitrogens with zero attached hydrogens (tertiary/aromatic N) is 2. The first-order chi connectivity index (χ1) is 10.9. The van der Waals surface area contributed by atoms with Gasteiger partial charge in [-0.15, -0.1) is 0 Å². The van der Waals surface area contributed by atoms with Gasteiger partial charge in [-0.05, 0) is 29.7 Å². The van der Waals surface area contributed by atoms with E-state index in [1.165, 1.54) is 6.08 Å². The summed E-state index contributed by atoms with van der Waals surface area (Å²) in [6, 6.07) is 5.00. The largest absolute Gasteiger partial charge is 0.452 e. The summed E-state index contributed by atoms with van der Waals surface area (Å²) in [6.45, 7) is 4.05. The third-order valence-corrected chi connectivity index (χ3v) is 3.36. The predicted octanol–water partition coefficient (Wildman–Crippen LogP) is 4.33. The van der Waals surface area contributed by atoms with Crippen molar-refractivity contribution in [3.63, 3.8) is 0 Å². The molecule has 0 spiro atoms. The quantitative estimate of drug-likeness (QED) is 0.570. The second-order valence-electron chi connectivity index (χ2n) is 5.31. The molecular weight excluding hydrogens is 339 g/mol. The molecule has 2 aromatic rings. The number of carbonyl (C=O) groups is 1. The lowest BCUT2D eigenvalue weighted by atomic mass is 10.1. The van der Waals surface area contributed by atoms with Gasteiger partial charge in [0.1, 0.15) is 0 Å². The first-order valence-electron chi connectivity index (χ1n) is 7.05. The summed E-state index contributed by atoms with van der Waals surface area (Å²) in [7, 11) is 0. The van der Waals surface area contributed by atoms with Gasteiger partial charge in [0, 0.05) is 22.5 Å². The Morgan fingerprint density at radius 3 is 2.87 bits per heavy atom. The fourth-order valence-electron chi connectivity index (χ4n) is 1.77. The Labute approximate surface area is 144 Å². The lowest BCUT2D eigenvalue weighted by Gasteiger charge is -1.99. The van der Waals surface area contributed by atoms with E-state index in [9.17, 15) is 4.79 Å². The van der Waals surface area contributed by atoms with E-state index in [0.717, 1.165) is 0 Å². The van der Waals surface area contributed by atoms with E-state index in [1.807, 2.05) is 0 Å². The zero-order chi connectivity index (χ0) is 16.8. The van der Waals surface area contributed by atoms with Crippen molar-refractivity contribution in [3.8, 4) is 0 Å². The molecule has 0 unspecified atom stereocenters. The molecule has 0 aliphatic rings. The molecule has 1 aromatic carbocycles. The molecule has 0 saturated heterocycles. The van der Waals surface area contributed by atoms with Gasteiger partial charge in [-0.3, -0.25) is 0 Å². The normalized spacial score (nSPS) is 11.3. The molecule has 1 heterocycles. The highest BCUT2D eigenvalue weighted by atomic mass is 35.5. The number of rotatable bonds is 6. The number of hydrogen-bond donors (Lipinski definition) is 0. The highest BCUT2D eigenvalue weighted by Gasteiger charge is 2.09. The van der Waals surface area contributed by atoms with Gasteiger partial charge >= 0.3 is 5.97 Å². The van der Waals surface area contributed by atoms with Crippen molar-refractivity contribution in [3.05, 3.63) is 51.6 Å². The first kappa shape index (κ1) is 17.5. The average molecular weight is 355 g/mol. The summed E-state index contributed by atoms with van der Waals surface area (Å²) in [4.78, 5) is 15.8. The molecular formula is C16H16Cl2N2O3. The Morgan fingerprint density at radius 2 is 2.17 bits per heavy atom. The second kappa shape index (κ2) is 8.13. The number of ether oxygens (including phenoxy) is 1. The molecule has 0 atom stereocenters. The lowest BCUT2D eigenvalue weighted by Crippen LogP contribution is -2.01. The van der Waals surface area contributed by atoms with Crippen LogP contribution in [-0.2, 0) is 22.6 Å². The highest BCUT2D eigenvalue weighted by molar-refractivity contribution is 6.35. The van der Waals surface area contributed by atoms with Crippen LogP contribution in [0.4, 0.5) is 0 Å². The first-order valence-corrected chi connectivity index (χ1v) is 7.81. The monoisotopic (exact) mass is 354 g/mol. The minimum absolute atomic E-state index is 0.0668. The van der Waals surface area contributed by atoms with E-state index in [-0.39, 0.29) is 12.5 Å². The topological polar surface area (TPSA) is 65.2 Å². The fraction of sp³-hybridized carbons (Fsp3) is 0.312. The van der Waals surface area contributed by atoms with Gasteiger partial charge in [0.15, 0.2) is 12.4 Å². The summed E-state index contributed by atoms with van der Waals surface area (Å²) in [5, 5.41) is 4.81. The lowest BCUT2D eigenvalue weighted by molar-refractivity contribution is -0.139. The van der Waals surface area contributed by atoms with Crippen molar-refractivity contribution in [1.82, 2.24) is 10.1 Å². The van der Waals surface area contributed by atoms with Crippen molar-refractivity contribution in [2.24, 2.45) is 5.92 Å².